The average Bonchev–Trinajstić information content (AvgIpc) is 2.69. The third-order valence-electron chi connectivity index (χ3n) is 4.58. The SMILES string of the molecule is COCCC(=O)N1CCN(C(=O)CCc2ccc(OC)c(OC)c2)CC1. The standard InChI is InChI=1S/C19H28N2O5/c1-24-13-8-19(23)21-11-9-20(10-12-21)18(22)7-5-15-4-6-16(25-2)17(14-15)26-3/h4,6,14H,5,7-13H2,1-3H3. The lowest BCUT2D eigenvalue weighted by molar-refractivity contribution is -0.140. The predicted molar refractivity (Wildman–Crippen MR) is 97.5 cm³/mol. The second kappa shape index (κ2) is 10.0. The molecule has 1 aliphatic heterocycles. The zero-order valence-corrected chi connectivity index (χ0v) is 15.8. The van der Waals surface area contributed by atoms with E-state index in [0.717, 1.165) is 5.56 Å². The first kappa shape index (κ1) is 20.0. The molecule has 1 saturated heterocycles. The Balaban J connectivity index is 1.80. The van der Waals surface area contributed by atoms with Gasteiger partial charge < -0.3 is 24.0 Å². The minimum atomic E-state index is 0.0873. The molecule has 1 aliphatic rings. The minimum Gasteiger partial charge on any atom is -0.493 e. The molecule has 0 aliphatic carbocycles. The summed E-state index contributed by atoms with van der Waals surface area (Å²) in [6, 6.07) is 5.70. The van der Waals surface area contributed by atoms with Crippen molar-refractivity contribution in [3.8, 4) is 11.5 Å². The van der Waals surface area contributed by atoms with Crippen LogP contribution in [0.2, 0.25) is 0 Å². The number of hydrogen-bond donors (Lipinski definition) is 0. The molecule has 0 spiro atoms. The van der Waals surface area contributed by atoms with Crippen molar-refractivity contribution >= 4 is 11.8 Å². The molecule has 2 amide bonds. The molecule has 1 aromatic carbocycles. The van der Waals surface area contributed by atoms with Gasteiger partial charge >= 0.3 is 0 Å². The molecule has 2 rings (SSSR count). The molecule has 0 aromatic heterocycles. The highest BCUT2D eigenvalue weighted by atomic mass is 16.5. The third kappa shape index (κ3) is 5.36. The van der Waals surface area contributed by atoms with Gasteiger partial charge in [-0.1, -0.05) is 6.07 Å². The first-order valence-corrected chi connectivity index (χ1v) is 8.84. The van der Waals surface area contributed by atoms with Crippen molar-refractivity contribution in [2.75, 3.05) is 54.1 Å². The number of carbonyl (C=O) groups excluding carboxylic acids is 2. The lowest BCUT2D eigenvalue weighted by Gasteiger charge is -2.35. The van der Waals surface area contributed by atoms with Crippen LogP contribution in [0, 0.1) is 0 Å². The third-order valence-corrected chi connectivity index (χ3v) is 4.58. The van der Waals surface area contributed by atoms with Gasteiger partial charge in [0.15, 0.2) is 11.5 Å². The molecule has 7 heteroatoms. The minimum absolute atomic E-state index is 0.0873. The van der Waals surface area contributed by atoms with Crippen LogP contribution in [0.3, 0.4) is 0 Å². The molecule has 0 atom stereocenters. The van der Waals surface area contributed by atoms with Crippen LogP contribution in [-0.4, -0.2) is 75.7 Å². The van der Waals surface area contributed by atoms with Gasteiger partial charge in [-0.05, 0) is 24.1 Å². The number of hydrogen-bond acceptors (Lipinski definition) is 5. The van der Waals surface area contributed by atoms with Crippen molar-refractivity contribution in [2.24, 2.45) is 0 Å². The second-order valence-electron chi connectivity index (χ2n) is 6.19. The summed E-state index contributed by atoms with van der Waals surface area (Å²) in [5, 5.41) is 0. The predicted octanol–water partition coefficient (Wildman–Crippen LogP) is 1.34. The molecule has 1 fully saturated rings. The Bertz CT molecular complexity index is 612. The van der Waals surface area contributed by atoms with Crippen LogP contribution in [0.1, 0.15) is 18.4 Å². The lowest BCUT2D eigenvalue weighted by atomic mass is 10.1. The molecule has 0 radical (unpaired) electrons. The Morgan fingerprint density at radius 1 is 0.885 bits per heavy atom. The van der Waals surface area contributed by atoms with Crippen molar-refractivity contribution < 1.29 is 23.8 Å². The van der Waals surface area contributed by atoms with Gasteiger partial charge in [0.05, 0.1) is 27.2 Å². The largest absolute Gasteiger partial charge is 0.493 e. The van der Waals surface area contributed by atoms with E-state index in [0.29, 0.717) is 63.5 Å². The Kier molecular flexibility index (Phi) is 7.72. The van der Waals surface area contributed by atoms with E-state index in [9.17, 15) is 9.59 Å². The lowest BCUT2D eigenvalue weighted by Crippen LogP contribution is -2.50. The topological polar surface area (TPSA) is 68.3 Å². The molecule has 144 valence electrons. The normalized spacial score (nSPS) is 14.3. The molecular formula is C19H28N2O5. The van der Waals surface area contributed by atoms with Gasteiger partial charge in [0.1, 0.15) is 0 Å². The van der Waals surface area contributed by atoms with Gasteiger partial charge in [-0.2, -0.15) is 0 Å². The van der Waals surface area contributed by atoms with E-state index in [1.165, 1.54) is 0 Å². The van der Waals surface area contributed by atoms with E-state index in [1.54, 1.807) is 26.2 Å². The Morgan fingerprint density at radius 2 is 1.46 bits per heavy atom. The molecule has 7 nitrogen and oxygen atoms in total. The van der Waals surface area contributed by atoms with Crippen molar-refractivity contribution in [3.05, 3.63) is 23.8 Å². The highest BCUT2D eigenvalue weighted by Gasteiger charge is 2.23. The summed E-state index contributed by atoms with van der Waals surface area (Å²) in [6.45, 7) is 2.78. The number of methoxy groups -OCH3 is 3. The number of rotatable bonds is 8. The molecule has 0 unspecified atom stereocenters. The Labute approximate surface area is 154 Å². The Hall–Kier alpha value is -2.28. The number of benzene rings is 1. The fourth-order valence-corrected chi connectivity index (χ4v) is 3.00. The molecular weight excluding hydrogens is 336 g/mol. The summed E-state index contributed by atoms with van der Waals surface area (Å²) in [7, 11) is 4.78. The van der Waals surface area contributed by atoms with E-state index in [4.69, 9.17) is 14.2 Å². The quantitative estimate of drug-likeness (QED) is 0.696. The van der Waals surface area contributed by atoms with Gasteiger partial charge in [-0.15, -0.1) is 0 Å². The smallest absolute Gasteiger partial charge is 0.225 e. The molecule has 1 heterocycles. The van der Waals surface area contributed by atoms with Crippen LogP contribution >= 0.6 is 0 Å². The van der Waals surface area contributed by atoms with Gasteiger partial charge in [0, 0.05) is 39.7 Å². The number of nitrogens with zero attached hydrogens (tertiary/aromatic N) is 2. The van der Waals surface area contributed by atoms with Crippen molar-refractivity contribution in [1.29, 1.82) is 0 Å². The average molecular weight is 364 g/mol. The van der Waals surface area contributed by atoms with Crippen molar-refractivity contribution in [3.63, 3.8) is 0 Å². The van der Waals surface area contributed by atoms with Gasteiger partial charge in [-0.25, -0.2) is 0 Å². The van der Waals surface area contributed by atoms with E-state index in [2.05, 4.69) is 0 Å². The maximum Gasteiger partial charge on any atom is 0.225 e. The van der Waals surface area contributed by atoms with Crippen molar-refractivity contribution in [2.45, 2.75) is 19.3 Å². The maximum absolute atomic E-state index is 12.4. The number of piperazine rings is 1. The maximum atomic E-state index is 12.4. The number of aryl methyl sites for hydroxylation is 1. The van der Waals surface area contributed by atoms with Crippen LogP contribution < -0.4 is 9.47 Å². The zero-order chi connectivity index (χ0) is 18.9. The fourth-order valence-electron chi connectivity index (χ4n) is 3.00. The summed E-state index contributed by atoms with van der Waals surface area (Å²) in [6.07, 6.45) is 1.48. The second-order valence-corrected chi connectivity index (χ2v) is 6.19. The van der Waals surface area contributed by atoms with E-state index < -0.39 is 0 Å². The van der Waals surface area contributed by atoms with E-state index in [-0.39, 0.29) is 11.8 Å². The molecule has 1 aromatic rings. The van der Waals surface area contributed by atoms with Crippen molar-refractivity contribution in [1.82, 2.24) is 9.80 Å². The molecule has 0 bridgehead atoms. The summed E-state index contributed by atoms with van der Waals surface area (Å²) in [4.78, 5) is 28.1. The van der Waals surface area contributed by atoms with Crippen LogP contribution in [-0.2, 0) is 20.7 Å². The van der Waals surface area contributed by atoms with Gasteiger partial charge in [0.2, 0.25) is 11.8 Å². The fraction of sp³-hybridized carbons (Fsp3) is 0.579. The van der Waals surface area contributed by atoms with Crippen LogP contribution in [0.25, 0.3) is 0 Å². The summed E-state index contributed by atoms with van der Waals surface area (Å²) < 4.78 is 15.5. The molecule has 26 heavy (non-hydrogen) atoms. The van der Waals surface area contributed by atoms with Crippen LogP contribution in [0.5, 0.6) is 11.5 Å². The number of ether oxygens (including phenoxy) is 3. The monoisotopic (exact) mass is 364 g/mol. The summed E-state index contributed by atoms with van der Waals surface area (Å²) in [5.41, 5.74) is 1.03. The van der Waals surface area contributed by atoms with E-state index in [1.807, 2.05) is 23.1 Å². The van der Waals surface area contributed by atoms with Crippen LogP contribution in [0.15, 0.2) is 18.2 Å². The highest BCUT2D eigenvalue weighted by molar-refractivity contribution is 5.78. The summed E-state index contributed by atoms with van der Waals surface area (Å²) >= 11 is 0. The number of amides is 2. The van der Waals surface area contributed by atoms with Crippen LogP contribution in [0.4, 0.5) is 0 Å². The van der Waals surface area contributed by atoms with E-state index >= 15 is 0 Å². The van der Waals surface area contributed by atoms with Gasteiger partial charge in [0.25, 0.3) is 0 Å². The molecule has 0 N–H and O–H groups in total. The zero-order valence-electron chi connectivity index (χ0n) is 15.8. The number of carbonyl (C=O) groups is 2. The first-order valence-electron chi connectivity index (χ1n) is 8.84. The Morgan fingerprint density at radius 3 is 2.00 bits per heavy atom. The highest BCUT2D eigenvalue weighted by Crippen LogP contribution is 2.28. The molecule has 0 saturated carbocycles. The summed E-state index contributed by atoms with van der Waals surface area (Å²) in [5.74, 6) is 1.55. The first-order chi connectivity index (χ1) is 12.6. The van der Waals surface area contributed by atoms with Gasteiger partial charge in [-0.3, -0.25) is 9.59 Å².